The first kappa shape index (κ1) is 13.7. The number of ether oxygens (including phenoxy) is 2. The Bertz CT molecular complexity index is 699. The third kappa shape index (κ3) is 2.64. The quantitative estimate of drug-likeness (QED) is 0.491. The van der Waals surface area contributed by atoms with Gasteiger partial charge in [0.2, 0.25) is 6.79 Å². The topological polar surface area (TPSA) is 99.6 Å². The van der Waals surface area contributed by atoms with E-state index in [0.717, 1.165) is 10.0 Å². The van der Waals surface area contributed by atoms with E-state index in [9.17, 15) is 0 Å². The summed E-state index contributed by atoms with van der Waals surface area (Å²) < 4.78 is 12.8. The van der Waals surface area contributed by atoms with Crippen molar-refractivity contribution < 1.29 is 9.47 Å². The molecule has 0 spiro atoms. The molecule has 2 heterocycles. The minimum atomic E-state index is 0.233. The Morgan fingerprint density at radius 1 is 1.43 bits per heavy atom. The van der Waals surface area contributed by atoms with Crippen LogP contribution in [0.2, 0.25) is 0 Å². The second-order valence-corrected chi connectivity index (χ2v) is 5.11. The summed E-state index contributed by atoms with van der Waals surface area (Å²) in [7, 11) is 0. The Morgan fingerprint density at radius 2 is 2.19 bits per heavy atom. The zero-order valence-corrected chi connectivity index (χ0v) is 12.8. The fourth-order valence-electron chi connectivity index (χ4n) is 1.83. The molecule has 0 aliphatic carbocycles. The van der Waals surface area contributed by atoms with E-state index in [-0.39, 0.29) is 6.79 Å². The second-order valence-electron chi connectivity index (χ2n) is 4.26. The highest BCUT2D eigenvalue weighted by Crippen LogP contribution is 2.36. The molecule has 0 saturated heterocycles. The summed E-state index contributed by atoms with van der Waals surface area (Å²) in [6.45, 7) is 2.18. The molecular weight excluding hydrogens is 340 g/mol. The van der Waals surface area contributed by atoms with E-state index < -0.39 is 0 Å². The van der Waals surface area contributed by atoms with Gasteiger partial charge in [0.1, 0.15) is 0 Å². The van der Waals surface area contributed by atoms with E-state index in [0.29, 0.717) is 29.7 Å². The summed E-state index contributed by atoms with van der Waals surface area (Å²) in [4.78, 5) is 0. The van der Waals surface area contributed by atoms with Crippen LogP contribution in [-0.2, 0) is 6.42 Å². The smallest absolute Gasteiger partial charge is 0.263 e. The van der Waals surface area contributed by atoms with Crippen molar-refractivity contribution in [3.8, 4) is 11.5 Å². The van der Waals surface area contributed by atoms with Crippen molar-refractivity contribution in [2.75, 3.05) is 18.1 Å². The fourth-order valence-corrected chi connectivity index (χ4v) is 2.26. The van der Waals surface area contributed by atoms with Crippen LogP contribution in [0.1, 0.15) is 18.3 Å². The zero-order chi connectivity index (χ0) is 14.8. The molecule has 1 aromatic carbocycles. The van der Waals surface area contributed by atoms with Gasteiger partial charge in [-0.1, -0.05) is 6.92 Å². The average molecular weight is 353 g/mol. The Balaban J connectivity index is 1.76. The number of nitrogens with two attached hydrogens (primary N) is 1. The third-order valence-corrected chi connectivity index (χ3v) is 3.63. The lowest BCUT2D eigenvalue weighted by atomic mass is 10.2. The van der Waals surface area contributed by atoms with Gasteiger partial charge in [-0.05, 0) is 28.1 Å². The van der Waals surface area contributed by atoms with E-state index in [4.69, 9.17) is 15.3 Å². The van der Waals surface area contributed by atoms with Gasteiger partial charge in [-0.25, -0.2) is 10.1 Å². The molecule has 21 heavy (non-hydrogen) atoms. The number of anilines is 1. The summed E-state index contributed by atoms with van der Waals surface area (Å²) >= 11 is 3.45. The molecule has 1 aliphatic heterocycles. The van der Waals surface area contributed by atoms with Crippen LogP contribution < -0.4 is 20.7 Å². The number of halogens is 1. The molecule has 1 aliphatic rings. The van der Waals surface area contributed by atoms with Crippen LogP contribution in [0.25, 0.3) is 0 Å². The van der Waals surface area contributed by atoms with Crippen LogP contribution in [0.4, 0.5) is 5.95 Å². The predicted molar refractivity (Wildman–Crippen MR) is 81.0 cm³/mol. The van der Waals surface area contributed by atoms with Gasteiger partial charge < -0.3 is 15.3 Å². The van der Waals surface area contributed by atoms with Gasteiger partial charge >= 0.3 is 0 Å². The lowest BCUT2D eigenvalue weighted by Gasteiger charge is -2.02. The first-order valence-corrected chi connectivity index (χ1v) is 7.06. The summed E-state index contributed by atoms with van der Waals surface area (Å²) in [5.74, 6) is 8.26. The molecule has 8 nitrogen and oxygen atoms in total. The predicted octanol–water partition coefficient (Wildman–Crippen LogP) is 1.49. The van der Waals surface area contributed by atoms with Gasteiger partial charge in [-0.15, -0.1) is 10.2 Å². The van der Waals surface area contributed by atoms with Crippen LogP contribution in [0.15, 0.2) is 21.7 Å². The SMILES string of the molecule is CCc1nnc(N/N=C\c2cc3c(cc2Br)OCO3)n1N. The number of nitrogens with one attached hydrogen (secondary N) is 1. The number of hydrogen-bond donors (Lipinski definition) is 2. The molecular formula is C12H13BrN6O2. The molecule has 0 amide bonds. The Hall–Kier alpha value is -2.29. The van der Waals surface area contributed by atoms with Gasteiger partial charge in [-0.2, -0.15) is 5.10 Å². The van der Waals surface area contributed by atoms with Gasteiger partial charge in [-0.3, -0.25) is 0 Å². The number of aromatic nitrogens is 3. The molecule has 110 valence electrons. The molecule has 0 fully saturated rings. The van der Waals surface area contributed by atoms with Crippen LogP contribution >= 0.6 is 15.9 Å². The van der Waals surface area contributed by atoms with Crippen molar-refractivity contribution in [3.05, 3.63) is 28.0 Å². The van der Waals surface area contributed by atoms with Crippen molar-refractivity contribution in [2.24, 2.45) is 5.10 Å². The Morgan fingerprint density at radius 3 is 2.90 bits per heavy atom. The lowest BCUT2D eigenvalue weighted by molar-refractivity contribution is 0.174. The van der Waals surface area contributed by atoms with Crippen molar-refractivity contribution in [1.82, 2.24) is 14.9 Å². The van der Waals surface area contributed by atoms with E-state index >= 15 is 0 Å². The fraction of sp³-hybridized carbons (Fsp3) is 0.250. The normalized spacial score (nSPS) is 13.0. The van der Waals surface area contributed by atoms with E-state index in [1.807, 2.05) is 19.1 Å². The van der Waals surface area contributed by atoms with E-state index in [1.54, 1.807) is 6.21 Å². The summed E-state index contributed by atoms with van der Waals surface area (Å²) in [5.41, 5.74) is 3.59. The van der Waals surface area contributed by atoms with Gasteiger partial charge in [0.15, 0.2) is 17.3 Å². The molecule has 9 heteroatoms. The van der Waals surface area contributed by atoms with Gasteiger partial charge in [0.05, 0.1) is 6.21 Å². The van der Waals surface area contributed by atoms with Crippen LogP contribution in [0, 0.1) is 0 Å². The highest BCUT2D eigenvalue weighted by molar-refractivity contribution is 9.10. The number of rotatable bonds is 4. The monoisotopic (exact) mass is 352 g/mol. The summed E-state index contributed by atoms with van der Waals surface area (Å²) in [6, 6.07) is 3.67. The number of hydrogen-bond acceptors (Lipinski definition) is 7. The number of aryl methyl sites for hydroxylation is 1. The van der Waals surface area contributed by atoms with Crippen LogP contribution in [0.3, 0.4) is 0 Å². The van der Waals surface area contributed by atoms with Crippen LogP contribution in [-0.4, -0.2) is 27.9 Å². The third-order valence-electron chi connectivity index (χ3n) is 2.94. The summed E-state index contributed by atoms with van der Waals surface area (Å²) in [5, 5.41) is 11.9. The molecule has 0 atom stereocenters. The molecule has 1 aromatic heterocycles. The Kier molecular flexibility index (Phi) is 3.65. The van der Waals surface area contributed by atoms with Gasteiger partial charge in [0.25, 0.3) is 5.95 Å². The first-order chi connectivity index (χ1) is 10.2. The molecule has 0 saturated carbocycles. The zero-order valence-electron chi connectivity index (χ0n) is 11.2. The maximum atomic E-state index is 5.81. The van der Waals surface area contributed by atoms with E-state index in [2.05, 4.69) is 36.7 Å². The van der Waals surface area contributed by atoms with Crippen LogP contribution in [0.5, 0.6) is 11.5 Å². The van der Waals surface area contributed by atoms with Crippen molar-refractivity contribution in [2.45, 2.75) is 13.3 Å². The molecule has 0 unspecified atom stereocenters. The number of fused-ring (bicyclic) bond motifs is 1. The Labute approximate surface area is 129 Å². The molecule has 3 N–H and O–H groups in total. The van der Waals surface area contributed by atoms with Crippen molar-refractivity contribution >= 4 is 28.1 Å². The standard InChI is InChI=1S/C12H13BrN6O2/c1-2-11-16-18-12(19(11)14)17-15-5-7-3-9-10(4-8(7)13)21-6-20-9/h3-5H,2,6,14H2,1H3,(H,17,18)/b15-5-. The largest absolute Gasteiger partial charge is 0.454 e. The maximum Gasteiger partial charge on any atom is 0.263 e. The molecule has 0 bridgehead atoms. The van der Waals surface area contributed by atoms with Crippen molar-refractivity contribution in [3.63, 3.8) is 0 Å². The van der Waals surface area contributed by atoms with Gasteiger partial charge in [0, 0.05) is 16.5 Å². The second kappa shape index (κ2) is 5.60. The molecule has 0 radical (unpaired) electrons. The first-order valence-electron chi connectivity index (χ1n) is 6.26. The maximum absolute atomic E-state index is 5.81. The number of hydrazone groups is 1. The number of nitrogens with zero attached hydrogens (tertiary/aromatic N) is 4. The number of nitrogen functional groups attached to an aromatic ring is 1. The molecule has 2 aromatic rings. The summed E-state index contributed by atoms with van der Waals surface area (Å²) in [6.07, 6.45) is 2.33. The highest BCUT2D eigenvalue weighted by atomic mass is 79.9. The minimum absolute atomic E-state index is 0.233. The average Bonchev–Trinajstić information content (AvgIpc) is 3.06. The molecule has 3 rings (SSSR count). The minimum Gasteiger partial charge on any atom is -0.454 e. The highest BCUT2D eigenvalue weighted by Gasteiger charge is 2.15. The lowest BCUT2D eigenvalue weighted by Crippen LogP contribution is -2.14. The van der Waals surface area contributed by atoms with Crippen molar-refractivity contribution in [1.29, 1.82) is 0 Å². The number of benzene rings is 1. The van der Waals surface area contributed by atoms with E-state index in [1.165, 1.54) is 4.68 Å².